The Kier molecular flexibility index (Phi) is 6.27. The van der Waals surface area contributed by atoms with Crippen molar-refractivity contribution in [1.29, 1.82) is 0 Å². The van der Waals surface area contributed by atoms with E-state index in [-0.39, 0.29) is 5.91 Å². The lowest BCUT2D eigenvalue weighted by molar-refractivity contribution is -0.124. The van der Waals surface area contributed by atoms with E-state index in [0.717, 1.165) is 38.0 Å². The normalized spacial score (nSPS) is 18.8. The molecular weight excluding hydrogens is 238 g/mol. The number of carbonyl (C=O) groups is 1. The van der Waals surface area contributed by atoms with Crippen LogP contribution in [-0.4, -0.2) is 42.0 Å². The van der Waals surface area contributed by atoms with Gasteiger partial charge in [-0.25, -0.2) is 0 Å². The van der Waals surface area contributed by atoms with Gasteiger partial charge in [-0.1, -0.05) is 20.8 Å². The highest BCUT2D eigenvalue weighted by Gasteiger charge is 2.34. The quantitative estimate of drug-likeness (QED) is 0.635. The van der Waals surface area contributed by atoms with Crippen molar-refractivity contribution in [2.45, 2.75) is 65.0 Å². The Morgan fingerprint density at radius 2 is 2.05 bits per heavy atom. The molecule has 0 aromatic rings. The lowest BCUT2D eigenvalue weighted by Gasteiger charge is -2.31. The van der Waals surface area contributed by atoms with E-state index in [1.54, 1.807) is 0 Å². The van der Waals surface area contributed by atoms with Crippen molar-refractivity contribution >= 4 is 5.91 Å². The maximum absolute atomic E-state index is 11.6. The van der Waals surface area contributed by atoms with Gasteiger partial charge in [-0.15, -0.1) is 0 Å². The van der Waals surface area contributed by atoms with Crippen molar-refractivity contribution in [2.24, 2.45) is 11.7 Å². The fourth-order valence-electron chi connectivity index (χ4n) is 2.40. The molecule has 1 aliphatic rings. The van der Waals surface area contributed by atoms with E-state index in [1.165, 1.54) is 19.3 Å². The predicted molar refractivity (Wildman–Crippen MR) is 79.9 cm³/mol. The molecule has 1 atom stereocenters. The number of hydrogen-bond donors (Lipinski definition) is 2. The smallest absolute Gasteiger partial charge is 0.237 e. The van der Waals surface area contributed by atoms with Gasteiger partial charge in [0.1, 0.15) is 0 Å². The molecule has 0 saturated heterocycles. The van der Waals surface area contributed by atoms with Gasteiger partial charge in [0.2, 0.25) is 5.91 Å². The average Bonchev–Trinajstić information content (AvgIpc) is 3.13. The summed E-state index contributed by atoms with van der Waals surface area (Å²) in [5.74, 6) is 0.492. The van der Waals surface area contributed by atoms with Crippen molar-refractivity contribution in [1.82, 2.24) is 10.2 Å². The van der Waals surface area contributed by atoms with Crippen LogP contribution in [0.1, 0.15) is 53.4 Å². The Hall–Kier alpha value is -0.610. The van der Waals surface area contributed by atoms with Gasteiger partial charge in [0.25, 0.3) is 0 Å². The van der Waals surface area contributed by atoms with Crippen molar-refractivity contribution in [2.75, 3.05) is 19.6 Å². The molecule has 112 valence electrons. The Morgan fingerprint density at radius 1 is 1.42 bits per heavy atom. The molecule has 1 aliphatic carbocycles. The molecule has 0 spiro atoms. The molecule has 4 heteroatoms. The monoisotopic (exact) mass is 269 g/mol. The van der Waals surface area contributed by atoms with Crippen LogP contribution in [0.15, 0.2) is 0 Å². The summed E-state index contributed by atoms with van der Waals surface area (Å²) in [7, 11) is 0. The maximum atomic E-state index is 11.6. The third-order valence-electron chi connectivity index (χ3n) is 4.07. The van der Waals surface area contributed by atoms with Crippen molar-refractivity contribution in [3.8, 4) is 0 Å². The minimum absolute atomic E-state index is 0.242. The number of hydrogen-bond acceptors (Lipinski definition) is 3. The molecule has 0 aromatic carbocycles. The van der Waals surface area contributed by atoms with Crippen LogP contribution in [0.5, 0.6) is 0 Å². The fraction of sp³-hybridized carbons (Fsp3) is 0.933. The number of carbonyl (C=O) groups excluding carboxylic acids is 1. The zero-order valence-electron chi connectivity index (χ0n) is 13.0. The first-order chi connectivity index (χ1) is 8.89. The van der Waals surface area contributed by atoms with E-state index < -0.39 is 5.54 Å². The summed E-state index contributed by atoms with van der Waals surface area (Å²) in [4.78, 5) is 14.2. The summed E-state index contributed by atoms with van der Waals surface area (Å²) < 4.78 is 0. The van der Waals surface area contributed by atoms with Crippen LogP contribution >= 0.6 is 0 Å². The van der Waals surface area contributed by atoms with Crippen LogP contribution in [0.4, 0.5) is 0 Å². The van der Waals surface area contributed by atoms with Crippen molar-refractivity contribution in [3.05, 3.63) is 0 Å². The predicted octanol–water partition coefficient (Wildman–Crippen LogP) is 1.74. The van der Waals surface area contributed by atoms with Gasteiger partial charge in [0.15, 0.2) is 0 Å². The summed E-state index contributed by atoms with van der Waals surface area (Å²) in [6, 6.07) is 0.748. The van der Waals surface area contributed by atoms with E-state index >= 15 is 0 Å². The zero-order chi connectivity index (χ0) is 14.5. The largest absolute Gasteiger partial charge is 0.368 e. The summed E-state index contributed by atoms with van der Waals surface area (Å²) in [6.07, 6.45) is 4.65. The van der Waals surface area contributed by atoms with Gasteiger partial charge >= 0.3 is 0 Å². The standard InChI is InChI=1S/C15H31N3O/c1-5-17-15(4,14(16)19)9-11-18(13-6-7-13)10-8-12(2)3/h12-13,17H,5-11H2,1-4H3,(H2,16,19). The van der Waals surface area contributed by atoms with Crippen LogP contribution in [0.25, 0.3) is 0 Å². The van der Waals surface area contributed by atoms with E-state index in [0.29, 0.717) is 0 Å². The zero-order valence-corrected chi connectivity index (χ0v) is 13.0. The van der Waals surface area contributed by atoms with E-state index in [9.17, 15) is 4.79 Å². The van der Waals surface area contributed by atoms with Gasteiger partial charge in [-0.2, -0.15) is 0 Å². The summed E-state index contributed by atoms with van der Waals surface area (Å²) in [6.45, 7) is 11.3. The minimum Gasteiger partial charge on any atom is -0.368 e. The summed E-state index contributed by atoms with van der Waals surface area (Å²) in [5.41, 5.74) is 4.97. The number of nitrogens with zero attached hydrogens (tertiary/aromatic N) is 1. The van der Waals surface area contributed by atoms with Crippen LogP contribution < -0.4 is 11.1 Å². The first kappa shape index (κ1) is 16.4. The van der Waals surface area contributed by atoms with Crippen molar-refractivity contribution in [3.63, 3.8) is 0 Å². The number of nitrogens with two attached hydrogens (primary N) is 1. The van der Waals surface area contributed by atoms with Crippen LogP contribution in [0.3, 0.4) is 0 Å². The number of likely N-dealkylation sites (N-methyl/N-ethyl adjacent to an activating group) is 1. The molecule has 4 nitrogen and oxygen atoms in total. The second-order valence-corrected chi connectivity index (χ2v) is 6.43. The van der Waals surface area contributed by atoms with Gasteiger partial charge < -0.3 is 16.0 Å². The van der Waals surface area contributed by atoms with Crippen molar-refractivity contribution < 1.29 is 4.79 Å². The van der Waals surface area contributed by atoms with Gasteiger partial charge in [0, 0.05) is 12.6 Å². The maximum Gasteiger partial charge on any atom is 0.237 e. The molecule has 1 unspecified atom stereocenters. The average molecular weight is 269 g/mol. The second kappa shape index (κ2) is 7.25. The molecule has 0 aliphatic heterocycles. The molecule has 3 N–H and O–H groups in total. The SMILES string of the molecule is CCNC(C)(CCN(CCC(C)C)C1CC1)C(N)=O. The molecule has 0 radical (unpaired) electrons. The molecule has 0 heterocycles. The van der Waals surface area contributed by atoms with Gasteiger partial charge in [0.05, 0.1) is 5.54 Å². The third-order valence-corrected chi connectivity index (χ3v) is 4.07. The Balaban J connectivity index is 2.47. The summed E-state index contributed by atoms with van der Waals surface area (Å²) in [5, 5.41) is 3.24. The molecule has 19 heavy (non-hydrogen) atoms. The number of amides is 1. The molecule has 0 aromatic heterocycles. The van der Waals surface area contributed by atoms with E-state index in [1.807, 2.05) is 13.8 Å². The number of rotatable bonds is 10. The lowest BCUT2D eigenvalue weighted by Crippen LogP contribution is -2.54. The first-order valence-corrected chi connectivity index (χ1v) is 7.68. The van der Waals surface area contributed by atoms with E-state index in [4.69, 9.17) is 5.73 Å². The first-order valence-electron chi connectivity index (χ1n) is 7.68. The van der Waals surface area contributed by atoms with E-state index in [2.05, 4.69) is 24.1 Å². The highest BCUT2D eigenvalue weighted by Crippen LogP contribution is 2.28. The topological polar surface area (TPSA) is 58.4 Å². The highest BCUT2D eigenvalue weighted by molar-refractivity contribution is 5.84. The minimum atomic E-state index is -0.570. The van der Waals surface area contributed by atoms with Crippen LogP contribution in [0.2, 0.25) is 0 Å². The summed E-state index contributed by atoms with van der Waals surface area (Å²) >= 11 is 0. The molecule has 1 fully saturated rings. The Morgan fingerprint density at radius 3 is 2.47 bits per heavy atom. The Labute approximate surface area is 118 Å². The lowest BCUT2D eigenvalue weighted by atomic mass is 9.96. The number of primary amides is 1. The molecular formula is C15H31N3O. The van der Waals surface area contributed by atoms with Crippen LogP contribution in [0, 0.1) is 5.92 Å². The van der Waals surface area contributed by atoms with Gasteiger partial charge in [-0.05, 0) is 51.6 Å². The molecule has 1 rings (SSSR count). The molecule has 1 saturated carbocycles. The Bertz CT molecular complexity index is 289. The van der Waals surface area contributed by atoms with Crippen LogP contribution in [-0.2, 0) is 4.79 Å². The van der Waals surface area contributed by atoms with Gasteiger partial charge in [-0.3, -0.25) is 4.79 Å². The molecule has 1 amide bonds. The molecule has 0 bridgehead atoms. The third kappa shape index (κ3) is 5.49. The fourth-order valence-corrected chi connectivity index (χ4v) is 2.40. The number of nitrogens with one attached hydrogen (secondary N) is 1. The highest BCUT2D eigenvalue weighted by atomic mass is 16.1. The second-order valence-electron chi connectivity index (χ2n) is 6.43.